The largest absolute Gasteiger partial charge is 0.345 e. The smallest absolute Gasteiger partial charge is 0.243 e. The zero-order valence-corrected chi connectivity index (χ0v) is 25.7. The molecule has 0 unspecified atom stereocenters. The fraction of sp³-hybridized carbons (Fsp3) is 0.414. The molecule has 1 amide bonds. The van der Waals surface area contributed by atoms with E-state index >= 15 is 0 Å². The second-order valence-corrected chi connectivity index (χ2v) is 13.6. The summed E-state index contributed by atoms with van der Waals surface area (Å²) in [5.74, 6) is -0.137. The molecule has 0 spiro atoms. The first-order chi connectivity index (χ1) is 18.3. The first-order valence-electron chi connectivity index (χ1n) is 13.2. The minimum Gasteiger partial charge on any atom is -0.345 e. The number of aromatic nitrogens is 1. The van der Waals surface area contributed by atoms with E-state index in [0.29, 0.717) is 26.1 Å². The Bertz CT molecular complexity index is 1300. The molecule has 0 radical (unpaired) electrons. The topological polar surface area (TPSA) is 62.6 Å². The number of carbonyl (C=O) groups is 1. The number of sulfonamides is 1. The summed E-state index contributed by atoms with van der Waals surface area (Å²) in [6.45, 7) is 3.24. The van der Waals surface area contributed by atoms with E-state index in [0.717, 1.165) is 40.3 Å². The van der Waals surface area contributed by atoms with Crippen molar-refractivity contribution < 1.29 is 13.2 Å². The molecular weight excluding hydrogens is 630 g/mol. The molecule has 1 saturated carbocycles. The van der Waals surface area contributed by atoms with Crippen molar-refractivity contribution in [3.8, 4) is 0 Å². The van der Waals surface area contributed by atoms with Gasteiger partial charge in [0.2, 0.25) is 15.9 Å². The maximum atomic E-state index is 13.9. The molecule has 1 aliphatic carbocycles. The Morgan fingerprint density at radius 2 is 1.58 bits per heavy atom. The lowest BCUT2D eigenvalue weighted by molar-refractivity contribution is -0.135. The maximum absolute atomic E-state index is 13.9. The second-order valence-electron chi connectivity index (χ2n) is 9.86. The summed E-state index contributed by atoms with van der Waals surface area (Å²) in [6, 6.07) is 19.0. The maximum Gasteiger partial charge on any atom is 0.243 e. The highest BCUT2D eigenvalue weighted by molar-refractivity contribution is 9.10. The molecule has 1 fully saturated rings. The zero-order valence-electron chi connectivity index (χ0n) is 21.7. The van der Waals surface area contributed by atoms with Crippen molar-refractivity contribution in [2.45, 2.75) is 69.5 Å². The van der Waals surface area contributed by atoms with Gasteiger partial charge in [0.15, 0.2) is 0 Å². The van der Waals surface area contributed by atoms with Crippen molar-refractivity contribution in [3.63, 3.8) is 0 Å². The molecule has 2 aromatic carbocycles. The van der Waals surface area contributed by atoms with E-state index in [9.17, 15) is 13.2 Å². The van der Waals surface area contributed by atoms with Gasteiger partial charge in [-0.2, -0.15) is 4.31 Å². The number of nitrogens with zero attached hydrogens (tertiary/aromatic N) is 3. The Morgan fingerprint density at radius 1 is 0.947 bits per heavy atom. The van der Waals surface area contributed by atoms with Gasteiger partial charge in [-0.25, -0.2) is 8.42 Å². The number of hydrogen-bond donors (Lipinski definition) is 0. The van der Waals surface area contributed by atoms with Crippen molar-refractivity contribution in [3.05, 3.63) is 87.1 Å². The lowest BCUT2D eigenvalue weighted by Gasteiger charge is -2.36. The van der Waals surface area contributed by atoms with Gasteiger partial charge in [0.25, 0.3) is 0 Å². The summed E-state index contributed by atoms with van der Waals surface area (Å²) in [4.78, 5) is 16.0. The van der Waals surface area contributed by atoms with Gasteiger partial charge in [-0.3, -0.25) is 4.79 Å². The Hall–Kier alpha value is -1.94. The van der Waals surface area contributed by atoms with Gasteiger partial charge in [-0.05, 0) is 73.4 Å². The second kappa shape index (κ2) is 13.4. The van der Waals surface area contributed by atoms with E-state index in [1.165, 1.54) is 16.3 Å². The molecule has 1 heterocycles. The molecule has 0 aliphatic heterocycles. The quantitative estimate of drug-likeness (QED) is 0.226. The number of amides is 1. The Morgan fingerprint density at radius 3 is 2.21 bits per heavy atom. The van der Waals surface area contributed by atoms with Gasteiger partial charge in [0, 0.05) is 40.0 Å². The van der Waals surface area contributed by atoms with Gasteiger partial charge in [0.1, 0.15) is 0 Å². The molecule has 204 valence electrons. The van der Waals surface area contributed by atoms with E-state index < -0.39 is 10.0 Å². The van der Waals surface area contributed by atoms with Crippen LogP contribution >= 0.6 is 31.9 Å². The molecule has 0 saturated heterocycles. The van der Waals surface area contributed by atoms with Gasteiger partial charge in [-0.1, -0.05) is 70.2 Å². The van der Waals surface area contributed by atoms with Gasteiger partial charge >= 0.3 is 0 Å². The molecule has 38 heavy (non-hydrogen) atoms. The van der Waals surface area contributed by atoms with Gasteiger partial charge < -0.3 is 9.47 Å². The summed E-state index contributed by atoms with van der Waals surface area (Å²) in [6.07, 6.45) is 7.93. The van der Waals surface area contributed by atoms with Gasteiger partial charge in [0.05, 0.1) is 18.0 Å². The standard InChI is InChI=1S/C29H35Br2N3O3S/c1-2-18-33(38(36,37)28-16-14-25(31)15-17-28)22-29(35)34(26-7-4-3-5-8-26)21-27-9-6-19-32(27)20-23-10-12-24(30)13-11-23/h6,9-17,19,26H,2-5,7-8,18,20-22H2,1H3. The molecule has 1 aromatic heterocycles. The molecule has 3 aromatic rings. The van der Waals surface area contributed by atoms with Crippen LogP contribution in [0, 0.1) is 0 Å². The van der Waals surface area contributed by atoms with E-state index in [1.807, 2.05) is 36.2 Å². The molecule has 0 atom stereocenters. The third kappa shape index (κ3) is 7.37. The highest BCUT2D eigenvalue weighted by Gasteiger charge is 2.31. The predicted molar refractivity (Wildman–Crippen MR) is 158 cm³/mol. The molecule has 6 nitrogen and oxygen atoms in total. The number of carbonyl (C=O) groups excluding carboxylic acids is 1. The van der Waals surface area contributed by atoms with Crippen LogP contribution in [-0.4, -0.2) is 47.2 Å². The fourth-order valence-electron chi connectivity index (χ4n) is 5.05. The summed E-state index contributed by atoms with van der Waals surface area (Å²) in [5, 5.41) is 0. The number of benzene rings is 2. The molecule has 9 heteroatoms. The van der Waals surface area contributed by atoms with Crippen molar-refractivity contribution in [1.82, 2.24) is 13.8 Å². The number of halogens is 2. The highest BCUT2D eigenvalue weighted by atomic mass is 79.9. The van der Waals surface area contributed by atoms with Crippen LogP contribution in [0.15, 0.2) is 80.7 Å². The molecule has 4 rings (SSSR count). The number of hydrogen-bond acceptors (Lipinski definition) is 3. The van der Waals surface area contributed by atoms with Crippen LogP contribution in [0.5, 0.6) is 0 Å². The van der Waals surface area contributed by atoms with Crippen LogP contribution in [0.2, 0.25) is 0 Å². The summed E-state index contributed by atoms with van der Waals surface area (Å²) >= 11 is 6.86. The minimum absolute atomic E-state index is 0.117. The van der Waals surface area contributed by atoms with Crippen molar-refractivity contribution in [2.24, 2.45) is 0 Å². The number of rotatable bonds is 11. The fourth-order valence-corrected chi connectivity index (χ4v) is 7.06. The summed E-state index contributed by atoms with van der Waals surface area (Å²) in [7, 11) is -3.80. The van der Waals surface area contributed by atoms with Crippen LogP contribution in [0.4, 0.5) is 0 Å². The minimum atomic E-state index is -3.80. The Balaban J connectivity index is 1.57. The van der Waals surface area contributed by atoms with Crippen molar-refractivity contribution in [1.29, 1.82) is 0 Å². The Kier molecular flexibility index (Phi) is 10.3. The lowest BCUT2D eigenvalue weighted by atomic mass is 9.94. The van der Waals surface area contributed by atoms with Crippen LogP contribution < -0.4 is 0 Å². The molecule has 0 bridgehead atoms. The first kappa shape index (κ1) is 29.1. The summed E-state index contributed by atoms with van der Waals surface area (Å²) in [5.41, 5.74) is 2.22. The molecule has 0 N–H and O–H groups in total. The lowest BCUT2D eigenvalue weighted by Crippen LogP contribution is -2.47. The SMILES string of the molecule is CCCN(CC(=O)N(Cc1cccn1Cc1ccc(Br)cc1)C1CCCCC1)S(=O)(=O)c1ccc(Br)cc1. The normalized spacial score (nSPS) is 14.6. The first-order valence-corrected chi connectivity index (χ1v) is 16.2. The molecule has 1 aliphatic rings. The third-order valence-corrected chi connectivity index (χ3v) is 10.0. The van der Waals surface area contributed by atoms with Crippen LogP contribution in [0.25, 0.3) is 0 Å². The van der Waals surface area contributed by atoms with Crippen LogP contribution in [0.1, 0.15) is 56.7 Å². The third-order valence-electron chi connectivity index (χ3n) is 7.09. The van der Waals surface area contributed by atoms with Crippen molar-refractivity contribution in [2.75, 3.05) is 13.1 Å². The summed E-state index contributed by atoms with van der Waals surface area (Å²) < 4.78 is 32.4. The average Bonchev–Trinajstić information content (AvgIpc) is 3.35. The molecular formula is C29H35Br2N3O3S. The Labute approximate surface area is 243 Å². The van der Waals surface area contributed by atoms with Crippen molar-refractivity contribution >= 4 is 47.8 Å². The van der Waals surface area contributed by atoms with Crippen LogP contribution in [-0.2, 0) is 27.9 Å². The zero-order chi connectivity index (χ0) is 27.1. The van der Waals surface area contributed by atoms with Gasteiger partial charge in [-0.15, -0.1) is 0 Å². The highest BCUT2D eigenvalue weighted by Crippen LogP contribution is 2.26. The van der Waals surface area contributed by atoms with Crippen LogP contribution in [0.3, 0.4) is 0 Å². The average molecular weight is 665 g/mol. The van der Waals surface area contributed by atoms with E-state index in [-0.39, 0.29) is 23.4 Å². The van der Waals surface area contributed by atoms with E-state index in [4.69, 9.17) is 0 Å². The monoisotopic (exact) mass is 663 g/mol. The predicted octanol–water partition coefficient (Wildman–Crippen LogP) is 6.82. The van der Waals surface area contributed by atoms with E-state index in [1.54, 1.807) is 24.3 Å². The van der Waals surface area contributed by atoms with E-state index in [2.05, 4.69) is 54.6 Å².